The predicted octanol–water partition coefficient (Wildman–Crippen LogP) is 4.04. The minimum Gasteiger partial charge on any atom is -0.497 e. The van der Waals surface area contributed by atoms with E-state index >= 15 is 0 Å². The number of hydrogen-bond acceptors (Lipinski definition) is 6. The number of rotatable bonds is 5. The average molecular weight is 378 g/mol. The molecule has 0 atom stereocenters. The summed E-state index contributed by atoms with van der Waals surface area (Å²) in [5.74, 6) is 2.59. The van der Waals surface area contributed by atoms with Crippen LogP contribution >= 0.6 is 0 Å². The maximum absolute atomic E-state index is 5.37. The molecular formula is C22H26N4O2. The average Bonchev–Trinajstić information content (AvgIpc) is 2.73. The highest BCUT2D eigenvalue weighted by molar-refractivity contribution is 5.76. The molecule has 0 amide bonds. The lowest BCUT2D eigenvalue weighted by molar-refractivity contribution is 0.394. The first-order chi connectivity index (χ1) is 13.7. The molecule has 1 aliphatic heterocycles. The van der Waals surface area contributed by atoms with Crippen molar-refractivity contribution in [2.45, 2.75) is 25.8 Å². The van der Waals surface area contributed by atoms with Gasteiger partial charge in [0.05, 0.1) is 30.9 Å². The maximum Gasteiger partial charge on any atom is 0.150 e. The van der Waals surface area contributed by atoms with Crippen LogP contribution in [-0.4, -0.2) is 43.3 Å². The van der Waals surface area contributed by atoms with Crippen molar-refractivity contribution in [2.24, 2.45) is 0 Å². The van der Waals surface area contributed by atoms with Crippen LogP contribution in [0.25, 0.3) is 11.0 Å². The van der Waals surface area contributed by atoms with Crippen LogP contribution in [0.3, 0.4) is 0 Å². The Balaban J connectivity index is 1.44. The fraction of sp³-hybridized carbons (Fsp3) is 0.364. The van der Waals surface area contributed by atoms with Gasteiger partial charge in [0.1, 0.15) is 11.5 Å². The highest BCUT2D eigenvalue weighted by atomic mass is 16.5. The maximum atomic E-state index is 5.37. The molecule has 0 aliphatic carbocycles. The van der Waals surface area contributed by atoms with Crippen LogP contribution in [-0.2, 0) is 0 Å². The molecular weight excluding hydrogens is 352 g/mol. The van der Waals surface area contributed by atoms with Gasteiger partial charge < -0.3 is 19.7 Å². The number of benzene rings is 2. The number of hydrogen-bond donors (Lipinski definition) is 1. The van der Waals surface area contributed by atoms with E-state index in [1.54, 1.807) is 14.2 Å². The highest BCUT2D eigenvalue weighted by Crippen LogP contribution is 2.29. The van der Waals surface area contributed by atoms with Crippen molar-refractivity contribution in [1.82, 2.24) is 9.97 Å². The van der Waals surface area contributed by atoms with Crippen molar-refractivity contribution in [2.75, 3.05) is 37.5 Å². The van der Waals surface area contributed by atoms with Gasteiger partial charge in [-0.3, -0.25) is 0 Å². The van der Waals surface area contributed by atoms with Gasteiger partial charge >= 0.3 is 0 Å². The van der Waals surface area contributed by atoms with E-state index in [4.69, 9.17) is 19.4 Å². The fourth-order valence-corrected chi connectivity index (χ4v) is 3.74. The zero-order valence-corrected chi connectivity index (χ0v) is 16.6. The molecule has 4 rings (SSSR count). The number of piperidine rings is 1. The number of ether oxygens (including phenoxy) is 2. The number of nitrogens with one attached hydrogen (secondary N) is 1. The molecule has 0 saturated carbocycles. The molecule has 1 aromatic heterocycles. The summed E-state index contributed by atoms with van der Waals surface area (Å²) in [5.41, 5.74) is 3.91. The van der Waals surface area contributed by atoms with Crippen molar-refractivity contribution in [3.63, 3.8) is 0 Å². The molecule has 2 heterocycles. The van der Waals surface area contributed by atoms with Gasteiger partial charge in [-0.15, -0.1) is 0 Å². The Hall–Kier alpha value is -3.02. The Morgan fingerprint density at radius 2 is 1.54 bits per heavy atom. The summed E-state index contributed by atoms with van der Waals surface area (Å²) in [6.45, 7) is 3.95. The van der Waals surface area contributed by atoms with Crippen molar-refractivity contribution in [3.05, 3.63) is 48.2 Å². The summed E-state index contributed by atoms with van der Waals surface area (Å²) in [4.78, 5) is 11.9. The lowest BCUT2D eigenvalue weighted by Gasteiger charge is -2.34. The van der Waals surface area contributed by atoms with Gasteiger partial charge in [-0.1, -0.05) is 12.1 Å². The van der Waals surface area contributed by atoms with E-state index in [9.17, 15) is 0 Å². The van der Waals surface area contributed by atoms with Crippen LogP contribution in [0, 0.1) is 6.92 Å². The van der Waals surface area contributed by atoms with E-state index in [1.807, 2.05) is 49.4 Å². The highest BCUT2D eigenvalue weighted by Gasteiger charge is 2.22. The molecule has 1 saturated heterocycles. The molecule has 0 spiro atoms. The van der Waals surface area contributed by atoms with Gasteiger partial charge in [0.15, 0.2) is 5.82 Å². The predicted molar refractivity (Wildman–Crippen MR) is 113 cm³/mol. The van der Waals surface area contributed by atoms with E-state index in [0.29, 0.717) is 6.04 Å². The van der Waals surface area contributed by atoms with E-state index in [1.165, 1.54) is 0 Å². The molecule has 6 nitrogen and oxygen atoms in total. The van der Waals surface area contributed by atoms with Gasteiger partial charge in [0, 0.05) is 43.0 Å². The van der Waals surface area contributed by atoms with Gasteiger partial charge in [0.2, 0.25) is 0 Å². The third kappa shape index (κ3) is 3.81. The number of methoxy groups -OCH3 is 2. The Kier molecular flexibility index (Phi) is 5.19. The Bertz CT molecular complexity index is 946. The van der Waals surface area contributed by atoms with Gasteiger partial charge in [-0.25, -0.2) is 9.97 Å². The second-order valence-corrected chi connectivity index (χ2v) is 7.13. The number of aryl methyl sites for hydroxylation is 1. The Morgan fingerprint density at radius 1 is 0.929 bits per heavy atom. The molecule has 146 valence electrons. The molecule has 28 heavy (non-hydrogen) atoms. The van der Waals surface area contributed by atoms with E-state index in [2.05, 4.69) is 10.2 Å². The van der Waals surface area contributed by atoms with E-state index in [-0.39, 0.29) is 0 Å². The largest absolute Gasteiger partial charge is 0.497 e. The zero-order chi connectivity index (χ0) is 19.5. The van der Waals surface area contributed by atoms with Crippen LogP contribution in [0.1, 0.15) is 18.5 Å². The summed E-state index contributed by atoms with van der Waals surface area (Å²) >= 11 is 0. The van der Waals surface area contributed by atoms with Gasteiger partial charge in [-0.05, 0) is 31.9 Å². The molecule has 1 fully saturated rings. The summed E-state index contributed by atoms with van der Waals surface area (Å²) in [6.07, 6.45) is 2.07. The van der Waals surface area contributed by atoms with Crippen LogP contribution < -0.4 is 19.7 Å². The Morgan fingerprint density at radius 3 is 2.14 bits per heavy atom. The Labute approximate surface area is 165 Å². The van der Waals surface area contributed by atoms with Crippen molar-refractivity contribution in [1.29, 1.82) is 0 Å². The summed E-state index contributed by atoms with van der Waals surface area (Å²) in [6, 6.07) is 14.3. The lowest BCUT2D eigenvalue weighted by Crippen LogP contribution is -2.40. The van der Waals surface area contributed by atoms with Crippen molar-refractivity contribution in [3.8, 4) is 11.5 Å². The second kappa shape index (κ2) is 7.92. The van der Waals surface area contributed by atoms with Crippen LogP contribution in [0.2, 0.25) is 0 Å². The summed E-state index contributed by atoms with van der Waals surface area (Å²) in [5, 5.41) is 3.62. The topological polar surface area (TPSA) is 59.5 Å². The second-order valence-electron chi connectivity index (χ2n) is 7.13. The molecule has 0 bridgehead atoms. The normalized spacial score (nSPS) is 14.9. The molecule has 0 unspecified atom stereocenters. The monoisotopic (exact) mass is 378 g/mol. The number of fused-ring (bicyclic) bond motifs is 1. The minimum absolute atomic E-state index is 0.404. The standard InChI is InChI=1S/C22H26N4O2/c1-15-22(25-21-7-5-4-6-20(21)23-15)26-10-8-16(9-11-26)24-17-12-18(27-2)14-19(13-17)28-3/h4-7,12-14,16,24H,8-11H2,1-3H3. The number of aromatic nitrogens is 2. The first-order valence-electron chi connectivity index (χ1n) is 9.64. The smallest absolute Gasteiger partial charge is 0.150 e. The van der Waals surface area contributed by atoms with E-state index in [0.717, 1.165) is 65.7 Å². The fourth-order valence-electron chi connectivity index (χ4n) is 3.74. The molecule has 3 aromatic rings. The van der Waals surface area contributed by atoms with Gasteiger partial charge in [0.25, 0.3) is 0 Å². The van der Waals surface area contributed by atoms with Crippen LogP contribution in [0.5, 0.6) is 11.5 Å². The van der Waals surface area contributed by atoms with Crippen molar-refractivity contribution < 1.29 is 9.47 Å². The number of para-hydroxylation sites is 2. The SMILES string of the molecule is COc1cc(NC2CCN(c3nc4ccccc4nc3C)CC2)cc(OC)c1. The molecule has 2 aromatic carbocycles. The van der Waals surface area contributed by atoms with Crippen molar-refractivity contribution >= 4 is 22.5 Å². The van der Waals surface area contributed by atoms with Crippen LogP contribution in [0.4, 0.5) is 11.5 Å². The summed E-state index contributed by atoms with van der Waals surface area (Å²) < 4.78 is 10.7. The quantitative estimate of drug-likeness (QED) is 0.723. The molecule has 0 radical (unpaired) electrons. The number of anilines is 2. The van der Waals surface area contributed by atoms with Crippen LogP contribution in [0.15, 0.2) is 42.5 Å². The first kappa shape index (κ1) is 18.3. The summed E-state index contributed by atoms with van der Waals surface area (Å²) in [7, 11) is 3.34. The first-order valence-corrected chi connectivity index (χ1v) is 9.64. The minimum atomic E-state index is 0.404. The number of nitrogens with zero attached hydrogens (tertiary/aromatic N) is 3. The van der Waals surface area contributed by atoms with E-state index < -0.39 is 0 Å². The third-order valence-corrected chi connectivity index (χ3v) is 5.24. The zero-order valence-electron chi connectivity index (χ0n) is 16.6. The molecule has 6 heteroatoms. The van der Waals surface area contributed by atoms with Gasteiger partial charge in [-0.2, -0.15) is 0 Å². The lowest BCUT2D eigenvalue weighted by atomic mass is 10.0. The molecule has 1 aliphatic rings. The third-order valence-electron chi connectivity index (χ3n) is 5.24. The molecule has 1 N–H and O–H groups in total.